The molecule has 0 bridgehead atoms. The van der Waals surface area contributed by atoms with Gasteiger partial charge in [0.25, 0.3) is 5.91 Å². The van der Waals surface area contributed by atoms with Crippen LogP contribution in [0.25, 0.3) is 6.08 Å². The van der Waals surface area contributed by atoms with Gasteiger partial charge >= 0.3 is 0 Å². The van der Waals surface area contributed by atoms with Crippen molar-refractivity contribution in [2.75, 3.05) is 18.0 Å². The van der Waals surface area contributed by atoms with Crippen molar-refractivity contribution in [3.63, 3.8) is 0 Å². The predicted octanol–water partition coefficient (Wildman–Crippen LogP) is 4.91. The number of amides is 1. The Kier molecular flexibility index (Phi) is 6.59. The van der Waals surface area contributed by atoms with Gasteiger partial charge in [0.05, 0.1) is 11.1 Å². The first-order valence-electron chi connectivity index (χ1n) is 8.95. The molecule has 3 rings (SSSR count). The lowest BCUT2D eigenvalue weighted by atomic mass is 10.1. The Bertz CT molecular complexity index is 937. The highest BCUT2D eigenvalue weighted by atomic mass is 32.2. The van der Waals surface area contributed by atoms with E-state index < -0.39 is 5.82 Å². The van der Waals surface area contributed by atoms with Crippen molar-refractivity contribution in [3.05, 3.63) is 70.4 Å². The molecule has 0 aromatic heterocycles. The van der Waals surface area contributed by atoms with Crippen molar-refractivity contribution in [3.8, 4) is 0 Å². The van der Waals surface area contributed by atoms with Crippen LogP contribution in [0.1, 0.15) is 25.0 Å². The smallest absolute Gasteiger partial charge is 0.286 e. The molecule has 1 amide bonds. The monoisotopic (exact) mass is 413 g/mol. The van der Waals surface area contributed by atoms with Crippen molar-refractivity contribution >= 4 is 52.2 Å². The molecule has 1 saturated heterocycles. The Hall–Kier alpha value is -2.51. The number of thioether (sulfide) groups is 1. The topological polar surface area (TPSA) is 35.9 Å². The molecular weight excluding hydrogens is 393 g/mol. The van der Waals surface area contributed by atoms with Gasteiger partial charge in [0.15, 0.2) is 4.32 Å². The summed E-state index contributed by atoms with van der Waals surface area (Å²) < 4.78 is 14.0. The summed E-state index contributed by atoms with van der Waals surface area (Å²) in [6.07, 6.45) is 3.10. The molecule has 0 spiro atoms. The highest BCUT2D eigenvalue weighted by Gasteiger charge is 2.32. The number of carbonyl (C=O) groups excluding carboxylic acids is 1. The molecule has 0 radical (unpaired) electrons. The van der Waals surface area contributed by atoms with E-state index in [4.69, 9.17) is 12.2 Å². The summed E-state index contributed by atoms with van der Waals surface area (Å²) in [6, 6.07) is 14.3. The molecular formula is C21H20FN3OS2. The minimum absolute atomic E-state index is 0.299. The molecule has 2 aromatic rings. The van der Waals surface area contributed by atoms with Crippen molar-refractivity contribution in [1.82, 2.24) is 5.01 Å². The number of hydrogen-bond donors (Lipinski definition) is 0. The molecule has 2 aromatic carbocycles. The number of benzene rings is 2. The van der Waals surface area contributed by atoms with E-state index in [1.807, 2.05) is 24.3 Å². The number of anilines is 1. The maximum atomic E-state index is 13.7. The second-order valence-corrected chi connectivity index (χ2v) is 7.70. The second-order valence-electron chi connectivity index (χ2n) is 6.02. The standard InChI is InChI=1S/C21H20FN3OS2/c1-3-24(4-2)17-11-9-15(10-12-17)13-19-20(26)25(21(27)28-19)23-14-16-7-5-6-8-18(16)22/h5-14H,3-4H2,1-2H3/b19-13+,23-14+. The normalized spacial score (nSPS) is 15.8. The van der Waals surface area contributed by atoms with Crippen molar-refractivity contribution in [2.24, 2.45) is 5.10 Å². The van der Waals surface area contributed by atoms with Gasteiger partial charge in [0, 0.05) is 24.3 Å². The number of thiocarbonyl (C=S) groups is 1. The van der Waals surface area contributed by atoms with Gasteiger partial charge in [-0.1, -0.05) is 42.1 Å². The largest absolute Gasteiger partial charge is 0.372 e. The van der Waals surface area contributed by atoms with Crippen molar-refractivity contribution in [1.29, 1.82) is 0 Å². The number of hydrazone groups is 1. The molecule has 7 heteroatoms. The number of carbonyl (C=O) groups is 1. The number of nitrogens with zero attached hydrogens (tertiary/aromatic N) is 3. The molecule has 1 heterocycles. The SMILES string of the molecule is CCN(CC)c1ccc(/C=C2/SC(=S)N(/N=C/c3ccccc3F)C2=O)cc1. The molecule has 0 unspecified atom stereocenters. The fourth-order valence-corrected chi connectivity index (χ4v) is 3.95. The van der Waals surface area contributed by atoms with E-state index in [1.165, 1.54) is 24.0 Å². The first-order valence-corrected chi connectivity index (χ1v) is 10.2. The number of halogens is 1. The van der Waals surface area contributed by atoms with Gasteiger partial charge in [-0.05, 0) is 55.9 Å². The lowest BCUT2D eigenvalue weighted by Gasteiger charge is -2.20. The highest BCUT2D eigenvalue weighted by Crippen LogP contribution is 2.33. The average molecular weight is 414 g/mol. The van der Waals surface area contributed by atoms with Gasteiger partial charge in [-0.15, -0.1) is 0 Å². The molecule has 1 aliphatic rings. The molecule has 0 aliphatic carbocycles. The van der Waals surface area contributed by atoms with Crippen LogP contribution in [0.15, 0.2) is 58.5 Å². The van der Waals surface area contributed by atoms with Gasteiger partial charge in [-0.25, -0.2) is 4.39 Å². The minimum atomic E-state index is -0.402. The van der Waals surface area contributed by atoms with Crippen molar-refractivity contribution < 1.29 is 9.18 Å². The van der Waals surface area contributed by atoms with E-state index in [2.05, 4.69) is 23.8 Å². The first-order chi connectivity index (χ1) is 13.5. The number of hydrogen-bond acceptors (Lipinski definition) is 5. The number of rotatable bonds is 6. The summed E-state index contributed by atoms with van der Waals surface area (Å²) >= 11 is 6.45. The Balaban J connectivity index is 1.76. The van der Waals surface area contributed by atoms with E-state index in [0.29, 0.717) is 14.8 Å². The van der Waals surface area contributed by atoms with Crippen LogP contribution in [0.3, 0.4) is 0 Å². The van der Waals surface area contributed by atoms with E-state index in [-0.39, 0.29) is 5.91 Å². The van der Waals surface area contributed by atoms with Crippen LogP contribution in [0.2, 0.25) is 0 Å². The lowest BCUT2D eigenvalue weighted by Crippen LogP contribution is -2.22. The third-order valence-electron chi connectivity index (χ3n) is 4.31. The molecule has 144 valence electrons. The maximum Gasteiger partial charge on any atom is 0.286 e. The molecule has 4 nitrogen and oxygen atoms in total. The van der Waals surface area contributed by atoms with Gasteiger partial charge in [-0.2, -0.15) is 10.1 Å². The van der Waals surface area contributed by atoms with Crippen LogP contribution < -0.4 is 4.90 Å². The van der Waals surface area contributed by atoms with Gasteiger partial charge in [-0.3, -0.25) is 4.79 Å². The lowest BCUT2D eigenvalue weighted by molar-refractivity contribution is -0.122. The fourth-order valence-electron chi connectivity index (χ4n) is 2.78. The predicted molar refractivity (Wildman–Crippen MR) is 119 cm³/mol. The zero-order valence-corrected chi connectivity index (χ0v) is 17.3. The Morgan fingerprint density at radius 3 is 2.46 bits per heavy atom. The molecule has 0 saturated carbocycles. The van der Waals surface area contributed by atoms with Gasteiger partial charge in [0.1, 0.15) is 5.82 Å². The third-order valence-corrected chi connectivity index (χ3v) is 5.59. The Morgan fingerprint density at radius 2 is 1.82 bits per heavy atom. The zero-order valence-electron chi connectivity index (χ0n) is 15.6. The van der Waals surface area contributed by atoms with Gasteiger partial charge < -0.3 is 4.90 Å². The van der Waals surface area contributed by atoms with Crippen LogP contribution in [-0.2, 0) is 4.79 Å². The van der Waals surface area contributed by atoms with Crippen LogP contribution >= 0.6 is 24.0 Å². The van der Waals surface area contributed by atoms with Gasteiger partial charge in [0.2, 0.25) is 0 Å². The maximum absolute atomic E-state index is 13.7. The minimum Gasteiger partial charge on any atom is -0.372 e. The molecule has 0 N–H and O–H groups in total. The van der Waals surface area contributed by atoms with Crippen LogP contribution in [0.5, 0.6) is 0 Å². The summed E-state index contributed by atoms with van der Waals surface area (Å²) in [6.45, 7) is 6.11. The quantitative estimate of drug-likeness (QED) is 0.383. The molecule has 0 atom stereocenters. The zero-order chi connectivity index (χ0) is 20.1. The second kappa shape index (κ2) is 9.12. The van der Waals surface area contributed by atoms with E-state index >= 15 is 0 Å². The summed E-state index contributed by atoms with van der Waals surface area (Å²) in [5, 5.41) is 5.20. The molecule has 28 heavy (non-hydrogen) atoms. The average Bonchev–Trinajstić information content (AvgIpc) is 2.96. The Labute approximate surface area is 173 Å². The highest BCUT2D eigenvalue weighted by molar-refractivity contribution is 8.26. The first kappa shape index (κ1) is 20.2. The third kappa shape index (κ3) is 4.48. The summed E-state index contributed by atoms with van der Waals surface area (Å²) in [5.74, 6) is -0.712. The van der Waals surface area contributed by atoms with Crippen LogP contribution in [0.4, 0.5) is 10.1 Å². The summed E-state index contributed by atoms with van der Waals surface area (Å²) in [4.78, 5) is 15.4. The van der Waals surface area contributed by atoms with E-state index in [0.717, 1.165) is 29.3 Å². The fraction of sp³-hybridized carbons (Fsp3) is 0.190. The summed E-state index contributed by atoms with van der Waals surface area (Å²) in [7, 11) is 0. The van der Waals surface area contributed by atoms with E-state index in [9.17, 15) is 9.18 Å². The molecule has 1 aliphatic heterocycles. The van der Waals surface area contributed by atoms with Crippen LogP contribution in [-0.4, -0.2) is 34.5 Å². The van der Waals surface area contributed by atoms with Crippen LogP contribution in [0, 0.1) is 5.82 Å². The summed E-state index contributed by atoms with van der Waals surface area (Å²) in [5.41, 5.74) is 2.35. The van der Waals surface area contributed by atoms with E-state index in [1.54, 1.807) is 24.3 Å². The van der Waals surface area contributed by atoms with Crippen molar-refractivity contribution in [2.45, 2.75) is 13.8 Å². The molecule has 1 fully saturated rings. The Morgan fingerprint density at radius 1 is 1.14 bits per heavy atom.